The number of hydrogen-bond donors (Lipinski definition) is 0. The van der Waals surface area contributed by atoms with Crippen LogP contribution in [0, 0.1) is 17.8 Å². The number of allylic oxidation sites excluding steroid dienone is 2. The summed E-state index contributed by atoms with van der Waals surface area (Å²) in [6.07, 6.45) is 10.2. The maximum absolute atomic E-state index is 11.9. The van der Waals surface area contributed by atoms with Crippen LogP contribution in [0.1, 0.15) is 59.8 Å². The minimum Gasteiger partial charge on any atom is -0.342 e. The Morgan fingerprint density at radius 3 is 2.58 bits per heavy atom. The fourth-order valence-corrected chi connectivity index (χ4v) is 2.71. The molecular formula is C17H31NO. The zero-order chi connectivity index (χ0) is 14.3. The van der Waals surface area contributed by atoms with Crippen molar-refractivity contribution in [1.82, 2.24) is 4.90 Å². The molecule has 0 bridgehead atoms. The third kappa shape index (κ3) is 6.26. The van der Waals surface area contributed by atoms with Gasteiger partial charge in [0.25, 0.3) is 0 Å². The predicted molar refractivity (Wildman–Crippen MR) is 82.0 cm³/mol. The van der Waals surface area contributed by atoms with Crippen LogP contribution >= 0.6 is 0 Å². The van der Waals surface area contributed by atoms with Crippen LogP contribution in [0.15, 0.2) is 12.2 Å². The van der Waals surface area contributed by atoms with Crippen molar-refractivity contribution in [2.75, 3.05) is 13.1 Å². The third-order valence-electron chi connectivity index (χ3n) is 3.87. The number of hydrogen-bond acceptors (Lipinski definition) is 1. The predicted octanol–water partition coefficient (Wildman–Crippen LogP) is 4.26. The quantitative estimate of drug-likeness (QED) is 0.570. The molecule has 1 aliphatic carbocycles. The van der Waals surface area contributed by atoms with Gasteiger partial charge in [0.15, 0.2) is 0 Å². The average molecular weight is 265 g/mol. The highest BCUT2D eigenvalue weighted by Gasteiger charge is 2.37. The lowest BCUT2D eigenvalue weighted by atomic mass is 10.1. The summed E-state index contributed by atoms with van der Waals surface area (Å²) < 4.78 is 0. The Labute approximate surface area is 119 Å². The van der Waals surface area contributed by atoms with Crippen LogP contribution in [0.2, 0.25) is 0 Å². The molecule has 2 atom stereocenters. The molecule has 0 radical (unpaired) electrons. The maximum Gasteiger partial charge on any atom is 0.222 e. The number of carbonyl (C=O) groups is 1. The molecule has 0 aromatic heterocycles. The molecule has 1 saturated carbocycles. The zero-order valence-electron chi connectivity index (χ0n) is 13.2. The Hall–Kier alpha value is -0.790. The Balaban J connectivity index is 2.29. The molecular weight excluding hydrogens is 234 g/mol. The van der Waals surface area contributed by atoms with Gasteiger partial charge in [0.1, 0.15) is 0 Å². The van der Waals surface area contributed by atoms with Crippen molar-refractivity contribution < 1.29 is 4.79 Å². The van der Waals surface area contributed by atoms with E-state index in [0.29, 0.717) is 18.2 Å². The third-order valence-corrected chi connectivity index (χ3v) is 3.87. The molecule has 110 valence electrons. The molecule has 0 aromatic carbocycles. The summed E-state index contributed by atoms with van der Waals surface area (Å²) in [6, 6.07) is 0. The molecule has 1 rings (SSSR count). The highest BCUT2D eigenvalue weighted by atomic mass is 16.2. The first-order valence-electron chi connectivity index (χ1n) is 8.01. The Morgan fingerprint density at radius 2 is 2.00 bits per heavy atom. The summed E-state index contributed by atoms with van der Waals surface area (Å²) in [6.45, 7) is 10.4. The minimum atomic E-state index is 0.324. The first-order chi connectivity index (χ1) is 9.08. The second-order valence-electron chi connectivity index (χ2n) is 6.26. The van der Waals surface area contributed by atoms with E-state index >= 15 is 0 Å². The highest BCUT2D eigenvalue weighted by Crippen LogP contribution is 2.42. The van der Waals surface area contributed by atoms with Gasteiger partial charge in [-0.25, -0.2) is 0 Å². The molecule has 2 nitrogen and oxygen atoms in total. The molecule has 0 aromatic rings. The summed E-state index contributed by atoms with van der Waals surface area (Å²) in [5, 5.41) is 0. The Bertz CT molecular complexity index is 296. The van der Waals surface area contributed by atoms with Crippen LogP contribution in [0.25, 0.3) is 0 Å². The highest BCUT2D eigenvalue weighted by molar-refractivity contribution is 5.75. The van der Waals surface area contributed by atoms with Gasteiger partial charge in [0.2, 0.25) is 5.91 Å². The van der Waals surface area contributed by atoms with Crippen molar-refractivity contribution in [2.24, 2.45) is 17.8 Å². The molecule has 2 heteroatoms. The Morgan fingerprint density at radius 1 is 1.26 bits per heavy atom. The van der Waals surface area contributed by atoms with Crippen molar-refractivity contribution >= 4 is 5.91 Å². The summed E-state index contributed by atoms with van der Waals surface area (Å²) in [4.78, 5) is 14.0. The molecule has 1 fully saturated rings. The first-order valence-corrected chi connectivity index (χ1v) is 8.01. The van der Waals surface area contributed by atoms with Crippen LogP contribution in [-0.2, 0) is 4.79 Å². The fourth-order valence-electron chi connectivity index (χ4n) is 2.71. The largest absolute Gasteiger partial charge is 0.342 e. The lowest BCUT2D eigenvalue weighted by Gasteiger charge is -2.24. The molecule has 0 N–H and O–H groups in total. The first kappa shape index (κ1) is 16.3. The van der Waals surface area contributed by atoms with Crippen molar-refractivity contribution in [1.29, 1.82) is 0 Å². The summed E-state index contributed by atoms with van der Waals surface area (Å²) in [5.74, 6) is 2.52. The van der Waals surface area contributed by atoms with Crippen LogP contribution in [0.5, 0.6) is 0 Å². The number of carbonyl (C=O) groups excluding carboxylic acids is 1. The number of nitrogens with zero attached hydrogens (tertiary/aromatic N) is 1. The van der Waals surface area contributed by atoms with Crippen molar-refractivity contribution in [2.45, 2.75) is 59.8 Å². The van der Waals surface area contributed by atoms with E-state index in [4.69, 9.17) is 0 Å². The van der Waals surface area contributed by atoms with Crippen molar-refractivity contribution in [3.63, 3.8) is 0 Å². The molecule has 0 heterocycles. The van der Waals surface area contributed by atoms with E-state index in [0.717, 1.165) is 31.3 Å². The SMILES string of the molecule is CC/C=C\CCC1CC1CN(CC(C)C)C(=O)CC. The summed E-state index contributed by atoms with van der Waals surface area (Å²) in [7, 11) is 0. The normalized spacial score (nSPS) is 22.2. The van der Waals surface area contributed by atoms with Gasteiger partial charge in [0.05, 0.1) is 0 Å². The summed E-state index contributed by atoms with van der Waals surface area (Å²) >= 11 is 0. The van der Waals surface area contributed by atoms with E-state index in [1.54, 1.807) is 0 Å². The van der Waals surface area contributed by atoms with Gasteiger partial charge in [-0.2, -0.15) is 0 Å². The minimum absolute atomic E-state index is 0.324. The lowest BCUT2D eigenvalue weighted by molar-refractivity contribution is -0.131. The van der Waals surface area contributed by atoms with Crippen LogP contribution in [0.4, 0.5) is 0 Å². The van der Waals surface area contributed by atoms with E-state index in [1.807, 2.05) is 6.92 Å². The van der Waals surface area contributed by atoms with Crippen molar-refractivity contribution in [3.8, 4) is 0 Å². The van der Waals surface area contributed by atoms with Gasteiger partial charge in [-0.15, -0.1) is 0 Å². The van der Waals surface area contributed by atoms with Crippen LogP contribution < -0.4 is 0 Å². The second kappa shape index (κ2) is 8.39. The topological polar surface area (TPSA) is 20.3 Å². The van der Waals surface area contributed by atoms with E-state index in [1.165, 1.54) is 19.3 Å². The van der Waals surface area contributed by atoms with Gasteiger partial charge in [-0.3, -0.25) is 4.79 Å². The average Bonchev–Trinajstić information content (AvgIpc) is 3.10. The maximum atomic E-state index is 11.9. The van der Waals surface area contributed by atoms with E-state index in [9.17, 15) is 4.79 Å². The van der Waals surface area contributed by atoms with E-state index in [2.05, 4.69) is 37.8 Å². The monoisotopic (exact) mass is 265 g/mol. The van der Waals surface area contributed by atoms with Gasteiger partial charge in [0, 0.05) is 19.5 Å². The number of rotatable bonds is 9. The number of amides is 1. The Kier molecular flexibility index (Phi) is 7.19. The second-order valence-corrected chi connectivity index (χ2v) is 6.26. The molecule has 1 aliphatic rings. The molecule has 0 spiro atoms. The fraction of sp³-hybridized carbons (Fsp3) is 0.824. The van der Waals surface area contributed by atoms with Crippen LogP contribution in [0.3, 0.4) is 0 Å². The van der Waals surface area contributed by atoms with E-state index < -0.39 is 0 Å². The summed E-state index contributed by atoms with van der Waals surface area (Å²) in [5.41, 5.74) is 0. The van der Waals surface area contributed by atoms with E-state index in [-0.39, 0.29) is 0 Å². The molecule has 2 unspecified atom stereocenters. The van der Waals surface area contributed by atoms with Gasteiger partial charge in [-0.1, -0.05) is 39.8 Å². The smallest absolute Gasteiger partial charge is 0.222 e. The van der Waals surface area contributed by atoms with Gasteiger partial charge >= 0.3 is 0 Å². The molecule has 0 aliphatic heterocycles. The zero-order valence-corrected chi connectivity index (χ0v) is 13.2. The van der Waals surface area contributed by atoms with Gasteiger partial charge < -0.3 is 4.90 Å². The molecule has 1 amide bonds. The van der Waals surface area contributed by atoms with Gasteiger partial charge in [-0.05, 0) is 43.4 Å². The van der Waals surface area contributed by atoms with Crippen molar-refractivity contribution in [3.05, 3.63) is 12.2 Å². The molecule has 0 saturated heterocycles. The lowest BCUT2D eigenvalue weighted by Crippen LogP contribution is -2.35. The van der Waals surface area contributed by atoms with Crippen LogP contribution in [-0.4, -0.2) is 23.9 Å². The molecule has 19 heavy (non-hydrogen) atoms. The standard InChI is InChI=1S/C17H31NO/c1-5-7-8-9-10-15-11-16(15)13-18(12-14(3)4)17(19)6-2/h7-8,14-16H,5-6,9-13H2,1-4H3/b8-7-.